The molecule has 4 bridgehead atoms. The van der Waals surface area contributed by atoms with Crippen molar-refractivity contribution in [3.05, 3.63) is 71.3 Å². The van der Waals surface area contributed by atoms with Crippen LogP contribution >= 0.6 is 0 Å². The third-order valence-corrected chi connectivity index (χ3v) is 7.80. The Bertz CT molecular complexity index is 817. The molecule has 29 heavy (non-hydrogen) atoms. The van der Waals surface area contributed by atoms with Crippen LogP contribution < -0.4 is 0 Å². The van der Waals surface area contributed by atoms with Gasteiger partial charge in [0.05, 0.1) is 13.0 Å². The van der Waals surface area contributed by atoms with Crippen molar-refractivity contribution in [2.45, 2.75) is 57.8 Å². The number of ether oxygens (including phenoxy) is 1. The first-order valence-corrected chi connectivity index (χ1v) is 11.4. The summed E-state index contributed by atoms with van der Waals surface area (Å²) in [5.41, 5.74) is 4.35. The molecule has 2 heteroatoms. The maximum absolute atomic E-state index is 11.9. The fourth-order valence-electron chi connectivity index (χ4n) is 7.28. The largest absolute Gasteiger partial charge is 0.466 e. The molecule has 0 amide bonds. The van der Waals surface area contributed by atoms with E-state index in [-0.39, 0.29) is 5.97 Å². The van der Waals surface area contributed by atoms with Crippen LogP contribution in [0.3, 0.4) is 0 Å². The van der Waals surface area contributed by atoms with Crippen LogP contribution in [0.5, 0.6) is 0 Å². The first kappa shape index (κ1) is 18.9. The van der Waals surface area contributed by atoms with Crippen LogP contribution in [-0.4, -0.2) is 12.6 Å². The number of benzene rings is 2. The molecule has 2 nitrogen and oxygen atoms in total. The summed E-state index contributed by atoms with van der Waals surface area (Å²) in [6, 6.07) is 20.0. The molecule has 2 aromatic carbocycles. The number of hydrogen-bond acceptors (Lipinski definition) is 2. The highest BCUT2D eigenvalue weighted by molar-refractivity contribution is 5.72. The zero-order valence-corrected chi connectivity index (χ0v) is 17.5. The van der Waals surface area contributed by atoms with E-state index in [2.05, 4.69) is 54.6 Å². The summed E-state index contributed by atoms with van der Waals surface area (Å²) in [6.07, 6.45) is 8.95. The standard InChI is InChI=1S/C27H32O2/c1-2-29-25(28)15-19-8-10-24(11-9-19)26(23-6-4-3-5-7-23)27-16-20-12-21(17-27)14-22(13-20)18-27/h3-11,20-22,26H,2,12-18H2,1H3. The molecule has 6 rings (SSSR count). The summed E-state index contributed by atoms with van der Waals surface area (Å²) in [5.74, 6) is 3.15. The highest BCUT2D eigenvalue weighted by Gasteiger charge is 2.54. The van der Waals surface area contributed by atoms with E-state index < -0.39 is 0 Å². The minimum atomic E-state index is -0.138. The summed E-state index contributed by atoms with van der Waals surface area (Å²) < 4.78 is 5.12. The van der Waals surface area contributed by atoms with E-state index in [1.54, 1.807) is 0 Å². The molecular formula is C27H32O2. The van der Waals surface area contributed by atoms with E-state index in [1.165, 1.54) is 49.7 Å². The number of hydrogen-bond donors (Lipinski definition) is 0. The van der Waals surface area contributed by atoms with Crippen LogP contribution in [0, 0.1) is 23.2 Å². The lowest BCUT2D eigenvalue weighted by Gasteiger charge is -2.59. The third kappa shape index (κ3) is 3.63. The second kappa shape index (κ2) is 7.63. The molecule has 4 saturated carbocycles. The van der Waals surface area contributed by atoms with E-state index in [1.807, 2.05) is 6.92 Å². The normalized spacial score (nSPS) is 30.9. The van der Waals surface area contributed by atoms with Crippen LogP contribution in [0.25, 0.3) is 0 Å². The Morgan fingerprint density at radius 1 is 0.897 bits per heavy atom. The lowest BCUT2D eigenvalue weighted by atomic mass is 9.45. The zero-order valence-electron chi connectivity index (χ0n) is 17.5. The molecule has 1 atom stereocenters. The number of esters is 1. The molecule has 0 spiro atoms. The van der Waals surface area contributed by atoms with Gasteiger partial charge in [-0.05, 0) is 85.3 Å². The van der Waals surface area contributed by atoms with Crippen LogP contribution in [0.1, 0.15) is 68.1 Å². The Balaban J connectivity index is 1.48. The Morgan fingerprint density at radius 2 is 1.45 bits per heavy atom. The number of carbonyl (C=O) groups is 1. The van der Waals surface area contributed by atoms with Crippen molar-refractivity contribution in [2.75, 3.05) is 6.61 Å². The number of rotatable bonds is 6. The van der Waals surface area contributed by atoms with E-state index in [4.69, 9.17) is 4.74 Å². The molecule has 2 aromatic rings. The Kier molecular flexibility index (Phi) is 4.97. The average Bonchev–Trinajstić information content (AvgIpc) is 2.69. The monoisotopic (exact) mass is 388 g/mol. The van der Waals surface area contributed by atoms with Crippen molar-refractivity contribution in [2.24, 2.45) is 23.2 Å². The van der Waals surface area contributed by atoms with Gasteiger partial charge in [0.1, 0.15) is 0 Å². The molecule has 4 aliphatic rings. The van der Waals surface area contributed by atoms with Crippen LogP contribution in [0.4, 0.5) is 0 Å². The molecular weight excluding hydrogens is 356 g/mol. The summed E-state index contributed by atoms with van der Waals surface area (Å²) in [7, 11) is 0. The average molecular weight is 389 g/mol. The number of carbonyl (C=O) groups excluding carboxylic acids is 1. The van der Waals surface area contributed by atoms with Gasteiger partial charge in [0.15, 0.2) is 0 Å². The van der Waals surface area contributed by atoms with Gasteiger partial charge >= 0.3 is 5.97 Å². The van der Waals surface area contributed by atoms with E-state index in [0.717, 1.165) is 23.3 Å². The molecule has 4 fully saturated rings. The van der Waals surface area contributed by atoms with Gasteiger partial charge < -0.3 is 4.74 Å². The fourth-order valence-corrected chi connectivity index (χ4v) is 7.28. The van der Waals surface area contributed by atoms with Gasteiger partial charge in [0, 0.05) is 5.92 Å². The van der Waals surface area contributed by atoms with E-state index in [9.17, 15) is 4.79 Å². The van der Waals surface area contributed by atoms with E-state index in [0.29, 0.717) is 24.4 Å². The summed E-state index contributed by atoms with van der Waals surface area (Å²) in [5, 5.41) is 0. The minimum absolute atomic E-state index is 0.138. The smallest absolute Gasteiger partial charge is 0.310 e. The van der Waals surface area contributed by atoms with Crippen molar-refractivity contribution in [1.82, 2.24) is 0 Å². The molecule has 0 N–H and O–H groups in total. The van der Waals surface area contributed by atoms with Crippen molar-refractivity contribution in [1.29, 1.82) is 0 Å². The first-order valence-electron chi connectivity index (χ1n) is 11.4. The topological polar surface area (TPSA) is 26.3 Å². The molecule has 152 valence electrons. The summed E-state index contributed by atoms with van der Waals surface area (Å²) in [6.45, 7) is 2.30. The predicted octanol–water partition coefficient (Wildman–Crippen LogP) is 6.14. The molecule has 0 saturated heterocycles. The molecule has 0 aromatic heterocycles. The third-order valence-electron chi connectivity index (χ3n) is 7.80. The Hall–Kier alpha value is -2.09. The Labute approximate surface area is 174 Å². The van der Waals surface area contributed by atoms with Crippen molar-refractivity contribution >= 4 is 5.97 Å². The van der Waals surface area contributed by atoms with Gasteiger partial charge in [0.25, 0.3) is 0 Å². The second-order valence-corrected chi connectivity index (χ2v) is 9.85. The summed E-state index contributed by atoms with van der Waals surface area (Å²) >= 11 is 0. The highest BCUT2D eigenvalue weighted by atomic mass is 16.5. The highest BCUT2D eigenvalue weighted by Crippen LogP contribution is 2.65. The summed E-state index contributed by atoms with van der Waals surface area (Å²) in [4.78, 5) is 11.9. The molecule has 0 aliphatic heterocycles. The van der Waals surface area contributed by atoms with Crippen LogP contribution in [0.15, 0.2) is 54.6 Å². The van der Waals surface area contributed by atoms with Crippen molar-refractivity contribution in [3.63, 3.8) is 0 Å². The van der Waals surface area contributed by atoms with Gasteiger partial charge in [0.2, 0.25) is 0 Å². The van der Waals surface area contributed by atoms with Gasteiger partial charge in [-0.1, -0.05) is 54.6 Å². The molecule has 0 radical (unpaired) electrons. The SMILES string of the molecule is CCOC(=O)Cc1ccc(C(c2ccccc2)C23CC4CC(CC(C4)C2)C3)cc1. The van der Waals surface area contributed by atoms with Crippen LogP contribution in [0.2, 0.25) is 0 Å². The predicted molar refractivity (Wildman–Crippen MR) is 116 cm³/mol. The van der Waals surface area contributed by atoms with E-state index >= 15 is 0 Å². The second-order valence-electron chi connectivity index (χ2n) is 9.85. The van der Waals surface area contributed by atoms with Crippen LogP contribution in [-0.2, 0) is 16.0 Å². The lowest BCUT2D eigenvalue weighted by molar-refractivity contribution is -0.142. The lowest BCUT2D eigenvalue weighted by Crippen LogP contribution is -2.49. The van der Waals surface area contributed by atoms with Crippen molar-refractivity contribution < 1.29 is 9.53 Å². The molecule has 4 aliphatic carbocycles. The van der Waals surface area contributed by atoms with Crippen molar-refractivity contribution in [3.8, 4) is 0 Å². The van der Waals surface area contributed by atoms with Gasteiger partial charge in [-0.2, -0.15) is 0 Å². The fraction of sp³-hybridized carbons (Fsp3) is 0.519. The minimum Gasteiger partial charge on any atom is -0.466 e. The van der Waals surface area contributed by atoms with Gasteiger partial charge in [-0.25, -0.2) is 0 Å². The Morgan fingerprint density at radius 3 is 2.00 bits per heavy atom. The van der Waals surface area contributed by atoms with Gasteiger partial charge in [-0.3, -0.25) is 4.79 Å². The maximum atomic E-state index is 11.9. The molecule has 1 unspecified atom stereocenters. The molecule has 0 heterocycles. The quantitative estimate of drug-likeness (QED) is 0.556. The maximum Gasteiger partial charge on any atom is 0.310 e. The van der Waals surface area contributed by atoms with Gasteiger partial charge in [-0.15, -0.1) is 0 Å². The first-order chi connectivity index (χ1) is 14.1. The zero-order chi connectivity index (χ0) is 19.8.